The van der Waals surface area contributed by atoms with Crippen LogP contribution in [0, 0.1) is 6.92 Å². The topological polar surface area (TPSA) is 80.7 Å². The van der Waals surface area contributed by atoms with Gasteiger partial charge < -0.3 is 5.11 Å². The van der Waals surface area contributed by atoms with Gasteiger partial charge in [-0.2, -0.15) is 8.42 Å². The molecule has 0 spiro atoms. The van der Waals surface area contributed by atoms with E-state index in [1.807, 2.05) is 6.92 Å². The molecule has 0 bridgehead atoms. The second kappa shape index (κ2) is 5.79. The summed E-state index contributed by atoms with van der Waals surface area (Å²) in [6.07, 6.45) is 0.0594. The van der Waals surface area contributed by atoms with Crippen LogP contribution in [0.5, 0.6) is 0 Å². The van der Waals surface area contributed by atoms with Crippen LogP contribution < -0.4 is 0 Å². The van der Waals surface area contributed by atoms with Gasteiger partial charge in [0.1, 0.15) is 0 Å². The van der Waals surface area contributed by atoms with Gasteiger partial charge in [-0.05, 0) is 25.5 Å². The third-order valence-corrected chi connectivity index (χ3v) is 3.41. The van der Waals surface area contributed by atoms with Gasteiger partial charge in [0.05, 0.1) is 11.5 Å². The molecule has 0 radical (unpaired) electrons. The Hall–Kier alpha value is -1.40. The summed E-state index contributed by atoms with van der Waals surface area (Å²) in [5, 5.41) is 8.39. The monoisotopic (exact) mass is 258 g/mol. The first-order chi connectivity index (χ1) is 7.92. The minimum absolute atomic E-state index is 0.0819. The zero-order valence-electron chi connectivity index (χ0n) is 9.42. The van der Waals surface area contributed by atoms with Crippen molar-refractivity contribution < 1.29 is 22.5 Å². The van der Waals surface area contributed by atoms with Crippen LogP contribution in [-0.2, 0) is 19.1 Å². The average Bonchev–Trinajstić information content (AvgIpc) is 2.25. The number of carboxylic acid groups (broad SMARTS) is 1. The van der Waals surface area contributed by atoms with E-state index in [0.29, 0.717) is 0 Å². The molecule has 0 aromatic heterocycles. The van der Waals surface area contributed by atoms with Crippen molar-refractivity contribution >= 4 is 16.1 Å². The lowest BCUT2D eigenvalue weighted by Gasteiger charge is -2.05. The maximum Gasteiger partial charge on any atom is 0.303 e. The minimum atomic E-state index is -3.77. The van der Waals surface area contributed by atoms with Crippen LogP contribution in [0.15, 0.2) is 29.2 Å². The van der Waals surface area contributed by atoms with E-state index < -0.39 is 16.1 Å². The van der Waals surface area contributed by atoms with Crippen molar-refractivity contribution in [2.75, 3.05) is 6.61 Å². The van der Waals surface area contributed by atoms with Crippen LogP contribution in [0.2, 0.25) is 0 Å². The molecule has 0 unspecified atom stereocenters. The number of hydrogen-bond donors (Lipinski definition) is 1. The maximum absolute atomic E-state index is 11.6. The highest BCUT2D eigenvalue weighted by atomic mass is 32.2. The number of rotatable bonds is 6. The SMILES string of the molecule is Cc1ccc(S(=O)(=O)OCCCC(=O)O)cc1. The lowest BCUT2D eigenvalue weighted by atomic mass is 10.2. The highest BCUT2D eigenvalue weighted by molar-refractivity contribution is 7.86. The number of aliphatic carboxylic acids is 1. The van der Waals surface area contributed by atoms with Gasteiger partial charge in [-0.1, -0.05) is 17.7 Å². The molecular formula is C11H14O5S. The molecule has 1 rings (SSSR count). The summed E-state index contributed by atoms with van der Waals surface area (Å²) >= 11 is 0. The summed E-state index contributed by atoms with van der Waals surface area (Å²) in [5.74, 6) is -0.971. The van der Waals surface area contributed by atoms with E-state index in [2.05, 4.69) is 0 Å². The lowest BCUT2D eigenvalue weighted by molar-refractivity contribution is -0.137. The second-order valence-corrected chi connectivity index (χ2v) is 5.20. The molecule has 94 valence electrons. The van der Waals surface area contributed by atoms with Crippen molar-refractivity contribution in [3.05, 3.63) is 29.8 Å². The molecule has 0 aliphatic carbocycles. The summed E-state index contributed by atoms with van der Waals surface area (Å²) in [7, 11) is -3.77. The molecule has 0 heterocycles. The maximum atomic E-state index is 11.6. The Morgan fingerprint density at radius 2 is 1.88 bits per heavy atom. The van der Waals surface area contributed by atoms with Gasteiger partial charge in [0, 0.05) is 6.42 Å². The molecule has 17 heavy (non-hydrogen) atoms. The minimum Gasteiger partial charge on any atom is -0.481 e. The number of aryl methyl sites for hydroxylation is 1. The van der Waals surface area contributed by atoms with Gasteiger partial charge in [0.25, 0.3) is 10.1 Å². The van der Waals surface area contributed by atoms with Crippen molar-refractivity contribution in [2.24, 2.45) is 0 Å². The van der Waals surface area contributed by atoms with Crippen LogP contribution in [-0.4, -0.2) is 26.1 Å². The second-order valence-electron chi connectivity index (χ2n) is 3.59. The Morgan fingerprint density at radius 1 is 1.29 bits per heavy atom. The molecule has 1 aromatic rings. The first-order valence-electron chi connectivity index (χ1n) is 5.10. The summed E-state index contributed by atoms with van der Waals surface area (Å²) in [4.78, 5) is 10.3. The van der Waals surface area contributed by atoms with Crippen molar-refractivity contribution in [1.29, 1.82) is 0 Å². The third-order valence-electron chi connectivity index (χ3n) is 2.08. The molecular weight excluding hydrogens is 244 g/mol. The number of hydrogen-bond acceptors (Lipinski definition) is 4. The Bertz CT molecular complexity index is 475. The first kappa shape index (κ1) is 13.7. The Kier molecular flexibility index (Phi) is 4.65. The van der Waals surface area contributed by atoms with E-state index in [1.165, 1.54) is 12.1 Å². The fourth-order valence-electron chi connectivity index (χ4n) is 1.17. The van der Waals surface area contributed by atoms with Gasteiger partial charge in [-0.15, -0.1) is 0 Å². The summed E-state index contributed by atoms with van der Waals surface area (Å²) in [6.45, 7) is 1.73. The van der Waals surface area contributed by atoms with E-state index in [1.54, 1.807) is 12.1 Å². The van der Waals surface area contributed by atoms with E-state index in [-0.39, 0.29) is 24.3 Å². The van der Waals surface area contributed by atoms with Crippen LogP contribution in [0.25, 0.3) is 0 Å². The number of carboxylic acids is 1. The van der Waals surface area contributed by atoms with Crippen molar-refractivity contribution in [2.45, 2.75) is 24.7 Å². The number of benzene rings is 1. The van der Waals surface area contributed by atoms with E-state index in [0.717, 1.165) is 5.56 Å². The zero-order valence-corrected chi connectivity index (χ0v) is 10.2. The van der Waals surface area contributed by atoms with E-state index in [9.17, 15) is 13.2 Å². The third kappa shape index (κ3) is 4.54. The van der Waals surface area contributed by atoms with E-state index >= 15 is 0 Å². The molecule has 6 heteroatoms. The number of carbonyl (C=O) groups is 1. The molecule has 0 atom stereocenters. The largest absolute Gasteiger partial charge is 0.481 e. The van der Waals surface area contributed by atoms with Crippen molar-refractivity contribution in [3.8, 4) is 0 Å². The Morgan fingerprint density at radius 3 is 2.41 bits per heavy atom. The molecule has 0 fully saturated rings. The summed E-state index contributed by atoms with van der Waals surface area (Å²) in [5.41, 5.74) is 0.954. The molecule has 0 saturated heterocycles. The van der Waals surface area contributed by atoms with Crippen molar-refractivity contribution in [1.82, 2.24) is 0 Å². The van der Waals surface area contributed by atoms with Gasteiger partial charge in [-0.25, -0.2) is 0 Å². The molecule has 0 amide bonds. The highest BCUT2D eigenvalue weighted by Gasteiger charge is 2.14. The predicted molar refractivity (Wildman–Crippen MR) is 61.2 cm³/mol. The van der Waals surface area contributed by atoms with Crippen LogP contribution >= 0.6 is 0 Å². The van der Waals surface area contributed by atoms with Crippen LogP contribution in [0.4, 0.5) is 0 Å². The van der Waals surface area contributed by atoms with Gasteiger partial charge in [-0.3, -0.25) is 8.98 Å². The van der Waals surface area contributed by atoms with E-state index in [4.69, 9.17) is 9.29 Å². The molecule has 1 aromatic carbocycles. The smallest absolute Gasteiger partial charge is 0.303 e. The fourth-order valence-corrected chi connectivity index (χ4v) is 2.11. The standard InChI is InChI=1S/C11H14O5S/c1-9-4-6-10(7-5-9)17(14,15)16-8-2-3-11(12)13/h4-7H,2-3,8H2,1H3,(H,12,13). The lowest BCUT2D eigenvalue weighted by Crippen LogP contribution is -2.08. The fraction of sp³-hybridized carbons (Fsp3) is 0.364. The van der Waals surface area contributed by atoms with Gasteiger partial charge >= 0.3 is 5.97 Å². The summed E-state index contributed by atoms with van der Waals surface area (Å²) < 4.78 is 28.0. The Balaban J connectivity index is 2.57. The van der Waals surface area contributed by atoms with Crippen LogP contribution in [0.3, 0.4) is 0 Å². The Labute approximate surface area is 100 Å². The van der Waals surface area contributed by atoms with Gasteiger partial charge in [0.15, 0.2) is 0 Å². The quantitative estimate of drug-likeness (QED) is 0.618. The van der Waals surface area contributed by atoms with Gasteiger partial charge in [0.2, 0.25) is 0 Å². The normalized spacial score (nSPS) is 11.4. The first-order valence-corrected chi connectivity index (χ1v) is 6.50. The van der Waals surface area contributed by atoms with Crippen molar-refractivity contribution in [3.63, 3.8) is 0 Å². The molecule has 0 aliphatic heterocycles. The molecule has 1 N–H and O–H groups in total. The predicted octanol–water partition coefficient (Wildman–Crippen LogP) is 1.57. The average molecular weight is 258 g/mol. The van der Waals surface area contributed by atoms with Crippen LogP contribution in [0.1, 0.15) is 18.4 Å². The summed E-state index contributed by atoms with van der Waals surface area (Å²) in [6, 6.07) is 6.27. The zero-order chi connectivity index (χ0) is 12.9. The molecule has 0 aliphatic rings. The molecule has 0 saturated carbocycles. The highest BCUT2D eigenvalue weighted by Crippen LogP contribution is 2.13. The molecule has 5 nitrogen and oxygen atoms in total.